The summed E-state index contributed by atoms with van der Waals surface area (Å²) in [6.45, 7) is 15.1. The van der Waals surface area contributed by atoms with E-state index in [1.165, 1.54) is 11.0 Å². The maximum absolute atomic E-state index is 14.4. The number of phenolic OH excluding ortho intramolecular Hbond substituents is 1. The number of aromatic hydroxyl groups is 1. The smallest absolute Gasteiger partial charge is 0.408 e. The van der Waals surface area contributed by atoms with Crippen molar-refractivity contribution in [3.8, 4) is 5.75 Å². The van der Waals surface area contributed by atoms with E-state index in [2.05, 4.69) is 10.6 Å². The number of rotatable bonds is 10. The number of hydrogen-bond acceptors (Lipinski definition) is 5. The van der Waals surface area contributed by atoms with Crippen molar-refractivity contribution >= 4 is 17.9 Å². The molecule has 0 aliphatic rings. The first-order chi connectivity index (χ1) is 18.1. The van der Waals surface area contributed by atoms with Crippen LogP contribution < -0.4 is 10.6 Å². The van der Waals surface area contributed by atoms with Gasteiger partial charge < -0.3 is 25.4 Å². The Morgan fingerprint density at radius 1 is 1.00 bits per heavy atom. The topological polar surface area (TPSA) is 108 Å². The molecule has 2 aromatic rings. The van der Waals surface area contributed by atoms with Gasteiger partial charge in [0.2, 0.25) is 11.8 Å². The SMILES string of the molecule is CCCCNC(=O)C(c1ccc(O)c(C)c1)N(C(=O)C(Cc1ccccc1)NC(=O)OC(C)(C)C)C(C)(C)C. The Morgan fingerprint density at radius 3 is 2.18 bits per heavy atom. The second kappa shape index (κ2) is 13.5. The highest BCUT2D eigenvalue weighted by Crippen LogP contribution is 2.32. The van der Waals surface area contributed by atoms with E-state index in [1.807, 2.05) is 58.0 Å². The molecule has 2 rings (SSSR count). The summed E-state index contributed by atoms with van der Waals surface area (Å²) < 4.78 is 5.48. The van der Waals surface area contributed by atoms with Crippen LogP contribution >= 0.6 is 0 Å². The summed E-state index contributed by atoms with van der Waals surface area (Å²) in [7, 11) is 0. The van der Waals surface area contributed by atoms with E-state index in [1.54, 1.807) is 39.8 Å². The molecule has 0 heterocycles. The van der Waals surface area contributed by atoms with Crippen LogP contribution in [0, 0.1) is 6.92 Å². The van der Waals surface area contributed by atoms with Gasteiger partial charge in [0.1, 0.15) is 23.4 Å². The van der Waals surface area contributed by atoms with Gasteiger partial charge in [0.15, 0.2) is 0 Å². The zero-order valence-electron chi connectivity index (χ0n) is 24.6. The minimum Gasteiger partial charge on any atom is -0.508 e. The van der Waals surface area contributed by atoms with E-state index >= 15 is 0 Å². The molecule has 0 aliphatic carbocycles. The van der Waals surface area contributed by atoms with Gasteiger partial charge in [-0.25, -0.2) is 4.79 Å². The molecule has 2 aromatic carbocycles. The average Bonchev–Trinajstić information content (AvgIpc) is 2.82. The van der Waals surface area contributed by atoms with Crippen molar-refractivity contribution in [1.82, 2.24) is 15.5 Å². The van der Waals surface area contributed by atoms with E-state index in [0.29, 0.717) is 17.7 Å². The highest BCUT2D eigenvalue weighted by atomic mass is 16.6. The predicted octanol–water partition coefficient (Wildman–Crippen LogP) is 5.42. The number of aryl methyl sites for hydroxylation is 1. The Bertz CT molecular complexity index is 1120. The number of hydrogen-bond donors (Lipinski definition) is 3. The Labute approximate surface area is 233 Å². The number of unbranched alkanes of at least 4 members (excludes halogenated alkanes) is 1. The van der Waals surface area contributed by atoms with Crippen LogP contribution in [0.5, 0.6) is 5.75 Å². The van der Waals surface area contributed by atoms with Crippen molar-refractivity contribution < 1.29 is 24.2 Å². The highest BCUT2D eigenvalue weighted by molar-refractivity contribution is 5.93. The van der Waals surface area contributed by atoms with E-state index < -0.39 is 35.2 Å². The number of carbonyl (C=O) groups is 3. The van der Waals surface area contributed by atoms with Crippen LogP contribution in [-0.4, -0.2) is 51.6 Å². The molecule has 0 fully saturated rings. The van der Waals surface area contributed by atoms with Crippen LogP contribution in [0.3, 0.4) is 0 Å². The van der Waals surface area contributed by atoms with E-state index in [0.717, 1.165) is 18.4 Å². The second-order valence-corrected chi connectivity index (χ2v) is 11.9. The molecule has 3 N–H and O–H groups in total. The normalized spacial score (nSPS) is 13.2. The van der Waals surface area contributed by atoms with Gasteiger partial charge in [-0.1, -0.05) is 49.7 Å². The number of carbonyl (C=O) groups excluding carboxylic acids is 3. The summed E-state index contributed by atoms with van der Waals surface area (Å²) >= 11 is 0. The molecule has 0 saturated heterocycles. The molecule has 214 valence electrons. The van der Waals surface area contributed by atoms with E-state index in [4.69, 9.17) is 4.74 Å². The highest BCUT2D eigenvalue weighted by Gasteiger charge is 2.42. The summed E-state index contributed by atoms with van der Waals surface area (Å²) in [4.78, 5) is 42.5. The zero-order valence-corrected chi connectivity index (χ0v) is 24.6. The third-order valence-electron chi connectivity index (χ3n) is 6.10. The fourth-order valence-corrected chi connectivity index (χ4v) is 4.26. The molecule has 0 aliphatic heterocycles. The number of phenols is 1. The van der Waals surface area contributed by atoms with Crippen LogP contribution in [0.1, 0.15) is 84.0 Å². The van der Waals surface area contributed by atoms with Crippen molar-refractivity contribution in [2.45, 2.75) is 97.9 Å². The largest absolute Gasteiger partial charge is 0.508 e. The molecular weight excluding hydrogens is 494 g/mol. The van der Waals surface area contributed by atoms with Crippen molar-refractivity contribution in [3.63, 3.8) is 0 Å². The Balaban J connectivity index is 2.60. The average molecular weight is 540 g/mol. The fourth-order valence-electron chi connectivity index (χ4n) is 4.26. The molecule has 2 atom stereocenters. The third-order valence-corrected chi connectivity index (χ3v) is 6.10. The number of amides is 3. The second-order valence-electron chi connectivity index (χ2n) is 11.9. The number of ether oxygens (including phenoxy) is 1. The molecule has 0 spiro atoms. The monoisotopic (exact) mass is 539 g/mol. The van der Waals surface area contributed by atoms with Gasteiger partial charge in [-0.05, 0) is 83.7 Å². The standard InChI is InChI=1S/C31H45N3O5/c1-9-10-18-32-27(36)26(23-16-17-25(35)21(2)19-23)34(30(3,4)5)28(37)24(20-22-14-12-11-13-15-22)33-29(38)39-31(6,7)8/h11-17,19,24,26,35H,9-10,18,20H2,1-8H3,(H,32,36)(H,33,38). The molecule has 8 nitrogen and oxygen atoms in total. The molecule has 3 amide bonds. The fraction of sp³-hybridized carbons (Fsp3) is 0.516. The van der Waals surface area contributed by atoms with Crippen molar-refractivity contribution in [3.05, 3.63) is 65.2 Å². The lowest BCUT2D eigenvalue weighted by Crippen LogP contribution is -2.59. The van der Waals surface area contributed by atoms with Crippen LogP contribution in [-0.2, 0) is 20.7 Å². The lowest BCUT2D eigenvalue weighted by Gasteiger charge is -2.43. The van der Waals surface area contributed by atoms with Crippen LogP contribution in [0.15, 0.2) is 48.5 Å². The molecular formula is C31H45N3O5. The molecule has 2 unspecified atom stereocenters. The third kappa shape index (κ3) is 9.61. The Kier molecular flexibility index (Phi) is 11.0. The van der Waals surface area contributed by atoms with Crippen LogP contribution in [0.4, 0.5) is 4.79 Å². The van der Waals surface area contributed by atoms with Gasteiger partial charge in [-0.15, -0.1) is 0 Å². The van der Waals surface area contributed by atoms with Crippen molar-refractivity contribution in [1.29, 1.82) is 0 Å². The summed E-state index contributed by atoms with van der Waals surface area (Å²) in [5, 5.41) is 15.9. The van der Waals surface area contributed by atoms with Crippen LogP contribution in [0.2, 0.25) is 0 Å². The number of nitrogens with zero attached hydrogens (tertiary/aromatic N) is 1. The summed E-state index contributed by atoms with van der Waals surface area (Å²) in [5.41, 5.74) is 0.455. The van der Waals surface area contributed by atoms with E-state index in [9.17, 15) is 19.5 Å². The first-order valence-electron chi connectivity index (χ1n) is 13.6. The lowest BCUT2D eigenvalue weighted by molar-refractivity contribution is -0.148. The Hall–Kier alpha value is -3.55. The molecule has 8 heteroatoms. The van der Waals surface area contributed by atoms with Gasteiger partial charge in [-0.3, -0.25) is 9.59 Å². The van der Waals surface area contributed by atoms with Gasteiger partial charge in [0.05, 0.1) is 0 Å². The number of nitrogens with one attached hydrogen (secondary N) is 2. The van der Waals surface area contributed by atoms with Gasteiger partial charge in [0.25, 0.3) is 0 Å². The minimum atomic E-state index is -0.995. The zero-order chi connectivity index (χ0) is 29.4. The summed E-state index contributed by atoms with van der Waals surface area (Å²) in [6.07, 6.45) is 1.21. The molecule has 0 bridgehead atoms. The predicted molar refractivity (Wildman–Crippen MR) is 153 cm³/mol. The number of alkyl carbamates (subject to hydrolysis) is 1. The minimum absolute atomic E-state index is 0.103. The van der Waals surface area contributed by atoms with Gasteiger partial charge in [0, 0.05) is 18.5 Å². The summed E-state index contributed by atoms with van der Waals surface area (Å²) in [6, 6.07) is 12.3. The maximum atomic E-state index is 14.4. The molecule has 0 saturated carbocycles. The molecule has 0 radical (unpaired) electrons. The van der Waals surface area contributed by atoms with Crippen molar-refractivity contribution in [2.24, 2.45) is 0 Å². The van der Waals surface area contributed by atoms with Crippen molar-refractivity contribution in [2.75, 3.05) is 6.54 Å². The van der Waals surface area contributed by atoms with Gasteiger partial charge >= 0.3 is 6.09 Å². The van der Waals surface area contributed by atoms with Crippen LogP contribution in [0.25, 0.3) is 0 Å². The quantitative estimate of drug-likeness (QED) is 0.350. The summed E-state index contributed by atoms with van der Waals surface area (Å²) in [5.74, 6) is -0.641. The number of benzene rings is 2. The van der Waals surface area contributed by atoms with Gasteiger partial charge in [-0.2, -0.15) is 0 Å². The lowest BCUT2D eigenvalue weighted by atomic mass is 9.93. The van der Waals surface area contributed by atoms with E-state index in [-0.39, 0.29) is 18.1 Å². The first-order valence-corrected chi connectivity index (χ1v) is 13.6. The molecule has 0 aromatic heterocycles. The first kappa shape index (κ1) is 31.7. The maximum Gasteiger partial charge on any atom is 0.408 e. The molecule has 39 heavy (non-hydrogen) atoms. The Morgan fingerprint density at radius 2 is 1.64 bits per heavy atom.